The van der Waals surface area contributed by atoms with Crippen LogP contribution in [0.25, 0.3) is 11.3 Å². The molecule has 0 unspecified atom stereocenters. The number of rotatable bonds is 9. The van der Waals surface area contributed by atoms with Crippen LogP contribution in [0, 0.1) is 0 Å². The number of nitrogens with zero attached hydrogens (tertiary/aromatic N) is 2. The van der Waals surface area contributed by atoms with Gasteiger partial charge in [0.05, 0.1) is 31.4 Å². The van der Waals surface area contributed by atoms with E-state index in [0.717, 1.165) is 21.2 Å². The molecule has 0 aliphatic heterocycles. The fraction of sp³-hybridized carbons (Fsp3) is 0.190. The Bertz CT molecular complexity index is 974. The number of thioether (sulfide) groups is 1. The van der Waals surface area contributed by atoms with Gasteiger partial charge in [0.2, 0.25) is 0 Å². The van der Waals surface area contributed by atoms with Crippen molar-refractivity contribution in [1.29, 1.82) is 0 Å². The van der Waals surface area contributed by atoms with Crippen LogP contribution in [0.2, 0.25) is 0 Å². The van der Waals surface area contributed by atoms with Crippen molar-refractivity contribution in [2.45, 2.75) is 11.3 Å². The molecule has 0 aliphatic rings. The number of methoxy groups -OCH3 is 1. The highest BCUT2D eigenvalue weighted by molar-refractivity contribution is 8.01. The number of hydrogen-bond donors (Lipinski definition) is 1. The number of ether oxygens (including phenoxy) is 2. The van der Waals surface area contributed by atoms with Gasteiger partial charge in [-0.3, -0.25) is 4.79 Å². The molecule has 0 atom stereocenters. The maximum atomic E-state index is 12.0. The highest BCUT2D eigenvalue weighted by Gasteiger charge is 2.08. The molecule has 0 aliphatic carbocycles. The van der Waals surface area contributed by atoms with Crippen molar-refractivity contribution in [2.24, 2.45) is 5.10 Å². The molecule has 1 amide bonds. The van der Waals surface area contributed by atoms with Gasteiger partial charge in [-0.2, -0.15) is 5.10 Å². The summed E-state index contributed by atoms with van der Waals surface area (Å²) in [5.41, 5.74) is 5.31. The number of aromatic nitrogens is 1. The average Bonchev–Trinajstić information content (AvgIpc) is 3.23. The molecule has 8 heteroatoms. The summed E-state index contributed by atoms with van der Waals surface area (Å²) in [4.78, 5) is 16.6. The van der Waals surface area contributed by atoms with Crippen molar-refractivity contribution < 1.29 is 14.3 Å². The number of carbonyl (C=O) groups is 1. The minimum Gasteiger partial charge on any atom is -0.493 e. The van der Waals surface area contributed by atoms with Crippen molar-refractivity contribution in [1.82, 2.24) is 10.4 Å². The molecule has 0 spiro atoms. The maximum Gasteiger partial charge on any atom is 0.250 e. The summed E-state index contributed by atoms with van der Waals surface area (Å²) in [5.74, 6) is 1.34. The molecule has 0 saturated heterocycles. The summed E-state index contributed by atoms with van der Waals surface area (Å²) in [7, 11) is 1.58. The van der Waals surface area contributed by atoms with Crippen LogP contribution in [-0.2, 0) is 4.79 Å². The van der Waals surface area contributed by atoms with E-state index >= 15 is 0 Å². The van der Waals surface area contributed by atoms with Gasteiger partial charge in [0.1, 0.15) is 0 Å². The molecule has 0 saturated carbocycles. The zero-order valence-corrected chi connectivity index (χ0v) is 17.8. The first kappa shape index (κ1) is 20.9. The molecule has 6 nitrogen and oxygen atoms in total. The van der Waals surface area contributed by atoms with Crippen LogP contribution in [-0.4, -0.2) is 36.6 Å². The quantitative estimate of drug-likeness (QED) is 0.310. The van der Waals surface area contributed by atoms with Crippen molar-refractivity contribution in [3.05, 3.63) is 59.5 Å². The smallest absolute Gasteiger partial charge is 0.250 e. The van der Waals surface area contributed by atoms with Crippen molar-refractivity contribution in [3.8, 4) is 22.8 Å². The summed E-state index contributed by atoms with van der Waals surface area (Å²) in [6, 6.07) is 15.4. The van der Waals surface area contributed by atoms with E-state index in [9.17, 15) is 4.79 Å². The van der Waals surface area contributed by atoms with E-state index in [1.807, 2.05) is 54.8 Å². The zero-order chi connectivity index (χ0) is 20.5. The van der Waals surface area contributed by atoms with Gasteiger partial charge in [0.15, 0.2) is 15.8 Å². The molecular weight excluding hydrogens is 406 g/mol. The Morgan fingerprint density at radius 1 is 1.24 bits per heavy atom. The minimum absolute atomic E-state index is 0.194. The number of thiazole rings is 1. The molecule has 0 fully saturated rings. The predicted molar refractivity (Wildman–Crippen MR) is 118 cm³/mol. The molecular formula is C21H21N3O3S2. The largest absolute Gasteiger partial charge is 0.493 e. The maximum absolute atomic E-state index is 12.0. The van der Waals surface area contributed by atoms with Gasteiger partial charge >= 0.3 is 0 Å². The van der Waals surface area contributed by atoms with E-state index in [1.165, 1.54) is 23.1 Å². The zero-order valence-electron chi connectivity index (χ0n) is 16.1. The number of benzene rings is 2. The highest BCUT2D eigenvalue weighted by Crippen LogP contribution is 2.28. The van der Waals surface area contributed by atoms with Gasteiger partial charge in [0, 0.05) is 10.9 Å². The number of hydrazone groups is 1. The van der Waals surface area contributed by atoms with Crippen molar-refractivity contribution in [3.63, 3.8) is 0 Å². The monoisotopic (exact) mass is 427 g/mol. The fourth-order valence-electron chi connectivity index (χ4n) is 2.44. The first-order valence-electron chi connectivity index (χ1n) is 8.96. The Balaban J connectivity index is 1.49. The molecule has 3 aromatic rings. The summed E-state index contributed by atoms with van der Waals surface area (Å²) in [6.07, 6.45) is 1.57. The Morgan fingerprint density at radius 3 is 2.83 bits per heavy atom. The van der Waals surface area contributed by atoms with Crippen LogP contribution < -0.4 is 14.9 Å². The Labute approximate surface area is 178 Å². The number of carbonyl (C=O) groups excluding carboxylic acids is 1. The lowest BCUT2D eigenvalue weighted by molar-refractivity contribution is -0.118. The minimum atomic E-state index is -0.194. The third-order valence-electron chi connectivity index (χ3n) is 3.77. The molecule has 0 bridgehead atoms. The topological polar surface area (TPSA) is 72.8 Å². The van der Waals surface area contributed by atoms with Gasteiger partial charge in [-0.25, -0.2) is 10.4 Å². The summed E-state index contributed by atoms with van der Waals surface area (Å²) >= 11 is 2.91. The molecule has 150 valence electrons. The average molecular weight is 428 g/mol. The van der Waals surface area contributed by atoms with Crippen molar-refractivity contribution in [2.75, 3.05) is 19.5 Å². The second-order valence-corrected chi connectivity index (χ2v) is 7.87. The Hall–Kier alpha value is -2.84. The first-order valence-corrected chi connectivity index (χ1v) is 10.8. The van der Waals surface area contributed by atoms with E-state index in [0.29, 0.717) is 18.1 Å². The van der Waals surface area contributed by atoms with Gasteiger partial charge in [-0.15, -0.1) is 11.3 Å². The Kier molecular flexibility index (Phi) is 7.66. The van der Waals surface area contributed by atoms with Crippen molar-refractivity contribution >= 4 is 35.2 Å². The second kappa shape index (κ2) is 10.6. The van der Waals surface area contributed by atoms with Crippen LogP contribution in [0.1, 0.15) is 12.5 Å². The fourth-order valence-corrected chi connectivity index (χ4v) is 4.07. The van der Waals surface area contributed by atoms with E-state index < -0.39 is 0 Å². The Morgan fingerprint density at radius 2 is 2.07 bits per heavy atom. The van der Waals surface area contributed by atoms with Gasteiger partial charge in [0.25, 0.3) is 5.91 Å². The lowest BCUT2D eigenvalue weighted by Crippen LogP contribution is -2.19. The van der Waals surface area contributed by atoms with Gasteiger partial charge in [-0.1, -0.05) is 42.1 Å². The van der Waals surface area contributed by atoms with E-state index in [2.05, 4.69) is 15.5 Å². The number of amides is 1. The van der Waals surface area contributed by atoms with Crippen LogP contribution in [0.4, 0.5) is 0 Å². The lowest BCUT2D eigenvalue weighted by atomic mass is 10.2. The molecule has 0 radical (unpaired) electrons. The summed E-state index contributed by atoms with van der Waals surface area (Å²) < 4.78 is 11.6. The number of nitrogens with one attached hydrogen (secondary N) is 1. The molecule has 1 N–H and O–H groups in total. The normalized spacial score (nSPS) is 10.8. The third-order valence-corrected chi connectivity index (χ3v) is 5.79. The van der Waals surface area contributed by atoms with Crippen LogP contribution in [0.3, 0.4) is 0 Å². The lowest BCUT2D eigenvalue weighted by Gasteiger charge is -2.09. The van der Waals surface area contributed by atoms with Crippen LogP contribution >= 0.6 is 23.1 Å². The SMILES string of the molecule is CCOc1ccc(/C=N/NC(=O)CSc2nc(-c3ccccc3)cs2)cc1OC. The van der Waals surface area contributed by atoms with E-state index in [1.54, 1.807) is 19.4 Å². The third kappa shape index (κ3) is 6.07. The molecule has 1 heterocycles. The second-order valence-electron chi connectivity index (χ2n) is 5.79. The van der Waals surface area contributed by atoms with E-state index in [-0.39, 0.29) is 11.7 Å². The van der Waals surface area contributed by atoms with Crippen LogP contribution in [0.15, 0.2) is 63.4 Å². The predicted octanol–water partition coefficient (Wildman–Crippen LogP) is 4.46. The van der Waals surface area contributed by atoms with Gasteiger partial charge in [-0.05, 0) is 30.7 Å². The van der Waals surface area contributed by atoms with Crippen LogP contribution in [0.5, 0.6) is 11.5 Å². The number of hydrogen-bond acceptors (Lipinski definition) is 7. The molecule has 1 aromatic heterocycles. The standard InChI is InChI=1S/C21H21N3O3S2/c1-3-27-18-10-9-15(11-19(18)26-2)12-22-24-20(25)14-29-21-23-17(13-28-21)16-7-5-4-6-8-16/h4-13H,3,14H2,1-2H3,(H,24,25)/b22-12+. The molecule has 2 aromatic carbocycles. The first-order chi connectivity index (χ1) is 14.2. The molecule has 3 rings (SSSR count). The highest BCUT2D eigenvalue weighted by atomic mass is 32.2. The van der Waals surface area contributed by atoms with Gasteiger partial charge < -0.3 is 9.47 Å². The molecule has 29 heavy (non-hydrogen) atoms. The van der Waals surface area contributed by atoms with E-state index in [4.69, 9.17) is 9.47 Å². The summed E-state index contributed by atoms with van der Waals surface area (Å²) in [6.45, 7) is 2.47. The summed E-state index contributed by atoms with van der Waals surface area (Å²) in [5, 5.41) is 6.00.